The van der Waals surface area contributed by atoms with Crippen LogP contribution in [0.2, 0.25) is 0 Å². The van der Waals surface area contributed by atoms with Crippen molar-refractivity contribution in [3.8, 4) is 0 Å². The fourth-order valence-corrected chi connectivity index (χ4v) is 9.38. The van der Waals surface area contributed by atoms with Gasteiger partial charge < -0.3 is 14.6 Å². The minimum Gasteiger partial charge on any atom is -0.462 e. The van der Waals surface area contributed by atoms with Crippen molar-refractivity contribution in [1.82, 2.24) is 0 Å². The Hall–Kier alpha value is -2.92. The molecule has 0 aliphatic heterocycles. The molecule has 0 aliphatic rings. The molecule has 5 nitrogen and oxygen atoms in total. The van der Waals surface area contributed by atoms with Gasteiger partial charge in [-0.2, -0.15) is 0 Å². The molecule has 0 aliphatic carbocycles. The maximum Gasteiger partial charge on any atom is 0.306 e. The van der Waals surface area contributed by atoms with Crippen molar-refractivity contribution in [2.24, 2.45) is 0 Å². The lowest BCUT2D eigenvalue weighted by atomic mass is 10.0. The van der Waals surface area contributed by atoms with Gasteiger partial charge in [0, 0.05) is 12.8 Å². The molecule has 0 rings (SSSR count). The highest BCUT2D eigenvalue weighted by atomic mass is 16.6. The van der Waals surface area contributed by atoms with Gasteiger partial charge in [-0.15, -0.1) is 0 Å². The van der Waals surface area contributed by atoms with E-state index in [1.807, 2.05) is 0 Å². The normalized spacial score (nSPS) is 12.7. The predicted octanol–water partition coefficient (Wildman–Crippen LogP) is 22.1. The Bertz CT molecular complexity index is 1350. The summed E-state index contributed by atoms with van der Waals surface area (Å²) in [6.45, 7) is 4.02. The maximum atomic E-state index is 12.3. The summed E-state index contributed by atoms with van der Waals surface area (Å²) in [6.07, 6.45) is 90.4. The minimum absolute atomic E-state index is 0.0849. The zero-order valence-corrected chi connectivity index (χ0v) is 49.1. The highest BCUT2D eigenvalue weighted by molar-refractivity contribution is 5.70. The third-order valence-electron chi connectivity index (χ3n) is 14.2. The Labute approximate surface area is 460 Å². The third kappa shape index (κ3) is 61.6. The van der Waals surface area contributed by atoms with Gasteiger partial charge in [-0.3, -0.25) is 9.59 Å². The van der Waals surface area contributed by atoms with Crippen molar-refractivity contribution >= 4 is 11.9 Å². The number of carbonyl (C=O) groups is 2. The number of hydrogen-bond acceptors (Lipinski definition) is 5. The summed E-state index contributed by atoms with van der Waals surface area (Å²) in [5.41, 5.74) is 0. The van der Waals surface area contributed by atoms with Crippen LogP contribution in [-0.4, -0.2) is 36.4 Å². The summed E-state index contributed by atoms with van der Waals surface area (Å²) in [4.78, 5) is 24.5. The summed E-state index contributed by atoms with van der Waals surface area (Å²) >= 11 is 0. The SMILES string of the molecule is CC/C=C\C/C=C\C/C=C\C/C=C\C/C=C\C/C=C\CCCCC(=O)OC(CO)COC(=O)CCCCCCCCCCCCCCCCCCCCCCCCCCCCC/C=C\CCCCCCCCCC. The van der Waals surface area contributed by atoms with Gasteiger partial charge in [0.2, 0.25) is 0 Å². The lowest BCUT2D eigenvalue weighted by Crippen LogP contribution is -2.28. The van der Waals surface area contributed by atoms with Crippen molar-refractivity contribution < 1.29 is 24.2 Å². The van der Waals surface area contributed by atoms with Crippen molar-refractivity contribution in [3.05, 3.63) is 85.1 Å². The van der Waals surface area contributed by atoms with Crippen LogP contribution in [0.3, 0.4) is 0 Å². The van der Waals surface area contributed by atoms with Crippen LogP contribution in [0.25, 0.3) is 0 Å². The van der Waals surface area contributed by atoms with E-state index in [0.29, 0.717) is 12.8 Å². The molecule has 428 valence electrons. The summed E-state index contributed by atoms with van der Waals surface area (Å²) in [5.74, 6) is -0.634. The van der Waals surface area contributed by atoms with Crippen molar-refractivity contribution in [3.63, 3.8) is 0 Å². The van der Waals surface area contributed by atoms with E-state index in [2.05, 4.69) is 98.9 Å². The quantitative estimate of drug-likeness (QED) is 0.0373. The number of unbranched alkanes of at least 4 members (excludes halogenated alkanes) is 37. The fraction of sp³-hybridized carbons (Fsp3) is 0.768. The van der Waals surface area contributed by atoms with Crippen LogP contribution in [0.15, 0.2) is 85.1 Å². The largest absolute Gasteiger partial charge is 0.462 e. The average Bonchev–Trinajstić information content (AvgIpc) is 3.40. The number of aliphatic hydroxyl groups excluding tert-OH is 1. The van der Waals surface area contributed by atoms with E-state index in [1.165, 1.54) is 218 Å². The second-order valence-electron chi connectivity index (χ2n) is 21.5. The first-order valence-electron chi connectivity index (χ1n) is 32.1. The molecule has 0 heterocycles. The molecular formula is C69H122O5. The van der Waals surface area contributed by atoms with Crippen LogP contribution in [0.5, 0.6) is 0 Å². The topological polar surface area (TPSA) is 72.8 Å². The van der Waals surface area contributed by atoms with Gasteiger partial charge in [0.1, 0.15) is 6.61 Å². The van der Waals surface area contributed by atoms with Crippen LogP contribution < -0.4 is 0 Å². The number of carbonyl (C=O) groups excluding carboxylic acids is 2. The van der Waals surface area contributed by atoms with Crippen molar-refractivity contribution in [2.75, 3.05) is 13.2 Å². The molecule has 1 unspecified atom stereocenters. The summed E-state index contributed by atoms with van der Waals surface area (Å²) in [7, 11) is 0. The summed E-state index contributed by atoms with van der Waals surface area (Å²) < 4.78 is 10.7. The van der Waals surface area contributed by atoms with Gasteiger partial charge in [-0.05, 0) is 89.9 Å². The Morgan fingerprint density at radius 3 is 0.919 bits per heavy atom. The average molecular weight is 1030 g/mol. The molecule has 74 heavy (non-hydrogen) atoms. The van der Waals surface area contributed by atoms with E-state index in [9.17, 15) is 14.7 Å². The van der Waals surface area contributed by atoms with E-state index in [-0.39, 0.29) is 25.2 Å². The second kappa shape index (κ2) is 64.4. The van der Waals surface area contributed by atoms with Crippen molar-refractivity contribution in [1.29, 1.82) is 0 Å². The molecule has 0 aromatic rings. The van der Waals surface area contributed by atoms with Gasteiger partial charge in [0.05, 0.1) is 6.61 Å². The van der Waals surface area contributed by atoms with E-state index < -0.39 is 6.10 Å². The molecule has 0 amide bonds. The van der Waals surface area contributed by atoms with E-state index in [4.69, 9.17) is 9.47 Å². The molecule has 0 aromatic heterocycles. The molecule has 0 bridgehead atoms. The zero-order chi connectivity index (χ0) is 53.4. The lowest BCUT2D eigenvalue weighted by Gasteiger charge is -2.15. The molecule has 0 saturated carbocycles. The van der Waals surface area contributed by atoms with E-state index in [0.717, 1.165) is 77.0 Å². The first kappa shape index (κ1) is 71.1. The molecule has 0 saturated heterocycles. The second-order valence-corrected chi connectivity index (χ2v) is 21.5. The van der Waals surface area contributed by atoms with Gasteiger partial charge >= 0.3 is 11.9 Å². The molecule has 0 spiro atoms. The van der Waals surface area contributed by atoms with Crippen LogP contribution in [0.1, 0.15) is 322 Å². The number of esters is 2. The predicted molar refractivity (Wildman–Crippen MR) is 325 cm³/mol. The standard InChI is InChI=1S/C69H122O5/c1-3-5-7-9-11-13-15-17-19-21-23-25-26-27-28-29-30-31-32-33-34-35-36-37-38-39-40-41-42-44-45-47-49-51-53-55-57-59-61-63-68(71)73-66-67(65-70)74-69(72)64-62-60-58-56-54-52-50-48-46-43-24-22-20-18-16-14-12-10-8-6-4-2/h6,8,12,14,18,20-21,23-24,43,48,50,54,56,67,70H,3-5,7,9-11,13,15-17,19,22,25-42,44-47,49,51-53,55,57-66H2,1-2H3/b8-6-,14-12-,20-18-,23-21-,43-24-,50-48-,56-54-. The monoisotopic (exact) mass is 1030 g/mol. The van der Waals surface area contributed by atoms with Gasteiger partial charge in [-0.25, -0.2) is 0 Å². The summed E-state index contributed by atoms with van der Waals surface area (Å²) in [5, 5.41) is 9.65. The van der Waals surface area contributed by atoms with Crippen LogP contribution in [-0.2, 0) is 19.1 Å². The number of ether oxygens (including phenoxy) is 2. The van der Waals surface area contributed by atoms with E-state index in [1.54, 1.807) is 0 Å². The van der Waals surface area contributed by atoms with Gasteiger partial charge in [0.15, 0.2) is 6.10 Å². The lowest BCUT2D eigenvalue weighted by molar-refractivity contribution is -0.161. The minimum atomic E-state index is -0.800. The summed E-state index contributed by atoms with van der Waals surface area (Å²) in [6, 6.07) is 0. The number of rotatable bonds is 59. The first-order valence-corrected chi connectivity index (χ1v) is 32.1. The molecule has 1 atom stereocenters. The fourth-order valence-electron chi connectivity index (χ4n) is 9.38. The number of hydrogen-bond donors (Lipinski definition) is 1. The number of aliphatic hydroxyl groups is 1. The molecular weight excluding hydrogens is 909 g/mol. The van der Waals surface area contributed by atoms with Crippen LogP contribution in [0, 0.1) is 0 Å². The Kier molecular flexibility index (Phi) is 61.8. The Morgan fingerprint density at radius 1 is 0.324 bits per heavy atom. The van der Waals surface area contributed by atoms with E-state index >= 15 is 0 Å². The first-order chi connectivity index (χ1) is 36.6. The molecule has 0 fully saturated rings. The Morgan fingerprint density at radius 2 is 0.581 bits per heavy atom. The third-order valence-corrected chi connectivity index (χ3v) is 14.2. The number of allylic oxidation sites excluding steroid dienone is 14. The molecule has 0 radical (unpaired) electrons. The molecule has 1 N–H and O–H groups in total. The highest BCUT2D eigenvalue weighted by Crippen LogP contribution is 2.18. The highest BCUT2D eigenvalue weighted by Gasteiger charge is 2.16. The van der Waals surface area contributed by atoms with Crippen LogP contribution in [0.4, 0.5) is 0 Å². The maximum absolute atomic E-state index is 12.3. The molecule has 0 aromatic carbocycles. The smallest absolute Gasteiger partial charge is 0.306 e. The zero-order valence-electron chi connectivity index (χ0n) is 49.1. The van der Waals surface area contributed by atoms with Gasteiger partial charge in [-0.1, -0.05) is 304 Å². The van der Waals surface area contributed by atoms with Gasteiger partial charge in [0.25, 0.3) is 0 Å². The molecule has 5 heteroatoms. The Balaban J connectivity index is 3.44. The van der Waals surface area contributed by atoms with Crippen molar-refractivity contribution in [2.45, 2.75) is 328 Å². The van der Waals surface area contributed by atoms with Crippen LogP contribution >= 0.6 is 0 Å².